The number of thiazole rings is 1. The molecule has 186 valence electrons. The second-order valence-corrected chi connectivity index (χ2v) is 10.9. The van der Waals surface area contributed by atoms with E-state index in [1.807, 2.05) is 49.4 Å². The van der Waals surface area contributed by atoms with Gasteiger partial charge in [0.2, 0.25) is 0 Å². The average molecular weight is 577 g/mol. The third-order valence-corrected chi connectivity index (χ3v) is 8.14. The summed E-state index contributed by atoms with van der Waals surface area (Å²) in [7, 11) is 1.58. The number of aliphatic hydroxyl groups excluding tert-OH is 1. The van der Waals surface area contributed by atoms with Crippen LogP contribution in [0.25, 0.3) is 16.0 Å². The van der Waals surface area contributed by atoms with Crippen LogP contribution >= 0.6 is 27.3 Å². The number of fused-ring (bicyclic) bond motifs is 2. The van der Waals surface area contributed by atoms with Crippen molar-refractivity contribution in [3.8, 4) is 11.5 Å². The van der Waals surface area contributed by atoms with E-state index >= 15 is 0 Å². The molecule has 0 aliphatic carbocycles. The molecule has 1 aromatic heterocycles. The van der Waals surface area contributed by atoms with Gasteiger partial charge in [0, 0.05) is 16.5 Å². The largest absolute Gasteiger partial charge is 0.507 e. The molecule has 0 bridgehead atoms. The molecule has 2 unspecified atom stereocenters. The summed E-state index contributed by atoms with van der Waals surface area (Å²) >= 11 is 4.74. The fraction of sp³-hybridized carbons (Fsp3) is 0.179. The molecule has 9 heteroatoms. The van der Waals surface area contributed by atoms with Crippen LogP contribution in [0.5, 0.6) is 11.5 Å². The molecule has 2 aliphatic heterocycles. The van der Waals surface area contributed by atoms with Crippen molar-refractivity contribution in [3.05, 3.63) is 87.4 Å². The van der Waals surface area contributed by atoms with E-state index in [9.17, 15) is 14.7 Å². The number of methoxy groups -OCH3 is 1. The minimum absolute atomic E-state index is 0.0241. The third kappa shape index (κ3) is 3.98. The Balaban J connectivity index is 1.52. The van der Waals surface area contributed by atoms with Crippen molar-refractivity contribution in [1.82, 2.24) is 4.98 Å². The summed E-state index contributed by atoms with van der Waals surface area (Å²) in [6.07, 6.45) is 0.745. The van der Waals surface area contributed by atoms with Crippen LogP contribution in [0.1, 0.15) is 29.7 Å². The van der Waals surface area contributed by atoms with Crippen LogP contribution in [-0.4, -0.2) is 35.0 Å². The molecule has 3 heterocycles. The van der Waals surface area contributed by atoms with Crippen molar-refractivity contribution < 1.29 is 24.2 Å². The van der Waals surface area contributed by atoms with Gasteiger partial charge in [0.15, 0.2) is 5.13 Å². The summed E-state index contributed by atoms with van der Waals surface area (Å²) in [5, 5.41) is 11.8. The van der Waals surface area contributed by atoms with Gasteiger partial charge in [-0.1, -0.05) is 39.4 Å². The maximum Gasteiger partial charge on any atom is 0.301 e. The second kappa shape index (κ2) is 9.00. The number of ketones is 1. The number of hydrogen-bond donors (Lipinski definition) is 1. The lowest BCUT2D eigenvalue weighted by Crippen LogP contribution is -2.29. The molecule has 0 spiro atoms. The Morgan fingerprint density at radius 2 is 1.92 bits per heavy atom. The number of Topliss-reactive ketones (excluding diaryl/α,β-unsaturated/α-hetero) is 1. The van der Waals surface area contributed by atoms with Gasteiger partial charge in [0.1, 0.15) is 23.4 Å². The fourth-order valence-corrected chi connectivity index (χ4v) is 6.12. The number of rotatable bonds is 4. The molecule has 0 saturated carbocycles. The van der Waals surface area contributed by atoms with Crippen LogP contribution < -0.4 is 14.4 Å². The summed E-state index contributed by atoms with van der Waals surface area (Å²) in [5.41, 5.74) is 2.80. The highest BCUT2D eigenvalue weighted by Gasteiger charge is 2.48. The second-order valence-electron chi connectivity index (χ2n) is 9.01. The van der Waals surface area contributed by atoms with Gasteiger partial charge < -0.3 is 14.6 Å². The van der Waals surface area contributed by atoms with Crippen molar-refractivity contribution in [2.24, 2.45) is 0 Å². The first-order chi connectivity index (χ1) is 17.8. The Kier molecular flexibility index (Phi) is 5.77. The first-order valence-electron chi connectivity index (χ1n) is 11.6. The van der Waals surface area contributed by atoms with Gasteiger partial charge in [-0.3, -0.25) is 14.5 Å². The van der Waals surface area contributed by atoms with E-state index in [1.165, 1.54) is 16.2 Å². The highest BCUT2D eigenvalue weighted by atomic mass is 79.9. The van der Waals surface area contributed by atoms with E-state index in [2.05, 4.69) is 20.9 Å². The van der Waals surface area contributed by atoms with E-state index in [4.69, 9.17) is 9.47 Å². The van der Waals surface area contributed by atoms with E-state index in [-0.39, 0.29) is 17.4 Å². The third-order valence-electron chi connectivity index (χ3n) is 6.59. The highest BCUT2D eigenvalue weighted by molar-refractivity contribution is 9.10. The molecule has 1 amide bonds. The van der Waals surface area contributed by atoms with Crippen LogP contribution in [0.4, 0.5) is 5.13 Å². The van der Waals surface area contributed by atoms with Crippen molar-refractivity contribution in [2.45, 2.75) is 25.5 Å². The number of carbonyl (C=O) groups is 2. The SMILES string of the molecule is COc1ccc2nc(N3C(=O)C(=O)/C(=C(\O)c4ccc5c(c4)CC(C)O5)C3c3ccc(Br)cc3)sc2c1. The van der Waals surface area contributed by atoms with Crippen LogP contribution in [0.2, 0.25) is 0 Å². The smallest absolute Gasteiger partial charge is 0.301 e. The molecule has 37 heavy (non-hydrogen) atoms. The number of ether oxygens (including phenoxy) is 2. The molecule has 0 radical (unpaired) electrons. The first kappa shape index (κ1) is 23.7. The van der Waals surface area contributed by atoms with Gasteiger partial charge >= 0.3 is 5.91 Å². The van der Waals surface area contributed by atoms with Gasteiger partial charge in [0.05, 0.1) is 28.9 Å². The lowest BCUT2D eigenvalue weighted by Gasteiger charge is -2.23. The summed E-state index contributed by atoms with van der Waals surface area (Å²) in [6.45, 7) is 1.98. The molecule has 1 N–H and O–H groups in total. The lowest BCUT2D eigenvalue weighted by molar-refractivity contribution is -0.132. The molecule has 6 rings (SSSR count). The average Bonchev–Trinajstić information content (AvgIpc) is 3.55. The minimum atomic E-state index is -0.848. The summed E-state index contributed by atoms with van der Waals surface area (Å²) in [4.78, 5) is 33.0. The predicted molar refractivity (Wildman–Crippen MR) is 145 cm³/mol. The van der Waals surface area contributed by atoms with E-state index in [1.54, 1.807) is 25.3 Å². The molecule has 7 nitrogen and oxygen atoms in total. The maximum atomic E-state index is 13.5. The molecular weight excluding hydrogens is 556 g/mol. The van der Waals surface area contributed by atoms with E-state index in [0.717, 1.165) is 20.5 Å². The van der Waals surface area contributed by atoms with Gasteiger partial charge in [0.25, 0.3) is 5.78 Å². The zero-order valence-corrected chi connectivity index (χ0v) is 22.3. The molecular formula is C28H21BrN2O5S. The van der Waals surface area contributed by atoms with Gasteiger partial charge in [-0.15, -0.1) is 0 Å². The lowest BCUT2D eigenvalue weighted by atomic mass is 9.94. The van der Waals surface area contributed by atoms with Crippen molar-refractivity contribution in [1.29, 1.82) is 0 Å². The summed E-state index contributed by atoms with van der Waals surface area (Å²) in [5.74, 6) is -0.284. The topological polar surface area (TPSA) is 89.0 Å². The van der Waals surface area contributed by atoms with Gasteiger partial charge in [-0.05, 0) is 66.6 Å². The quantitative estimate of drug-likeness (QED) is 0.181. The predicted octanol–water partition coefficient (Wildman–Crippen LogP) is 6.02. The van der Waals surface area contributed by atoms with Crippen molar-refractivity contribution in [2.75, 3.05) is 12.0 Å². The van der Waals surface area contributed by atoms with Crippen LogP contribution in [0.15, 0.2) is 70.7 Å². The number of hydrogen-bond acceptors (Lipinski definition) is 7. The normalized spacial score (nSPS) is 20.4. The highest BCUT2D eigenvalue weighted by Crippen LogP contribution is 2.45. The molecule has 1 fully saturated rings. The maximum absolute atomic E-state index is 13.5. The van der Waals surface area contributed by atoms with E-state index in [0.29, 0.717) is 33.9 Å². The van der Waals surface area contributed by atoms with E-state index < -0.39 is 17.7 Å². The monoisotopic (exact) mass is 576 g/mol. The van der Waals surface area contributed by atoms with Crippen LogP contribution in [0, 0.1) is 0 Å². The number of halogens is 1. The number of aromatic nitrogens is 1. The first-order valence-corrected chi connectivity index (χ1v) is 13.3. The Morgan fingerprint density at radius 1 is 1.14 bits per heavy atom. The number of benzene rings is 3. The van der Waals surface area contributed by atoms with Gasteiger partial charge in [-0.2, -0.15) is 0 Å². The zero-order chi connectivity index (χ0) is 25.8. The molecule has 1 saturated heterocycles. The number of anilines is 1. The molecule has 3 aromatic carbocycles. The van der Waals surface area contributed by atoms with Gasteiger partial charge in [-0.25, -0.2) is 4.98 Å². The van der Waals surface area contributed by atoms with Crippen molar-refractivity contribution >= 4 is 60.1 Å². The summed E-state index contributed by atoms with van der Waals surface area (Å²) in [6, 6.07) is 17.3. The van der Waals surface area contributed by atoms with Crippen molar-refractivity contribution in [3.63, 3.8) is 0 Å². The molecule has 2 atom stereocenters. The fourth-order valence-electron chi connectivity index (χ4n) is 4.84. The molecule has 4 aromatic rings. The Labute approximate surface area is 225 Å². The zero-order valence-electron chi connectivity index (χ0n) is 19.9. The Hall–Kier alpha value is -3.69. The van der Waals surface area contributed by atoms with Crippen LogP contribution in [0.3, 0.4) is 0 Å². The number of nitrogens with zero attached hydrogens (tertiary/aromatic N) is 2. The standard InChI is InChI=1S/C28H21BrN2O5S/c1-14-11-17-12-16(5-10-21(17)36-14)25(32)23-24(15-3-6-18(29)7-4-15)31(27(34)26(23)33)28-30-20-9-8-19(35-2)13-22(20)37-28/h3-10,12-14,24,32H,11H2,1-2H3/b25-23-. The van der Waals surface area contributed by atoms with Crippen LogP contribution in [-0.2, 0) is 16.0 Å². The summed E-state index contributed by atoms with van der Waals surface area (Å²) < 4.78 is 12.8. The minimum Gasteiger partial charge on any atom is -0.507 e. The number of amides is 1. The Morgan fingerprint density at radius 3 is 2.68 bits per heavy atom. The number of carbonyl (C=O) groups excluding carboxylic acids is 2. The number of aliphatic hydroxyl groups is 1. The molecule has 2 aliphatic rings. The Bertz CT molecular complexity index is 1610.